The van der Waals surface area contributed by atoms with Crippen molar-refractivity contribution in [3.63, 3.8) is 0 Å². The van der Waals surface area contributed by atoms with Gasteiger partial charge in [0.2, 0.25) is 0 Å². The lowest BCUT2D eigenvalue weighted by molar-refractivity contribution is 1.19. The van der Waals surface area contributed by atoms with Crippen molar-refractivity contribution in [2.24, 2.45) is 0 Å². The highest BCUT2D eigenvalue weighted by molar-refractivity contribution is 6.17. The topological polar surface area (TPSA) is 0 Å². The van der Waals surface area contributed by atoms with Crippen LogP contribution in [0.5, 0.6) is 0 Å². The monoisotopic (exact) mass is 256 g/mol. The molecule has 2 aromatic carbocycles. The van der Waals surface area contributed by atoms with Gasteiger partial charge >= 0.3 is 0 Å². The molecule has 0 saturated heterocycles. The normalized spacial score (nSPS) is 10.9. The first-order chi connectivity index (χ1) is 8.88. The maximum absolute atomic E-state index is 5.63. The van der Waals surface area contributed by atoms with Gasteiger partial charge in [-0.15, -0.1) is 11.6 Å². The summed E-state index contributed by atoms with van der Waals surface area (Å²) in [7, 11) is 0. The van der Waals surface area contributed by atoms with Crippen molar-refractivity contribution in [3.05, 3.63) is 77.4 Å². The number of alkyl halides is 1. The van der Waals surface area contributed by atoms with Crippen LogP contribution in [-0.2, 0) is 6.42 Å². The fourth-order valence-electron chi connectivity index (χ4n) is 1.86. The molecule has 1 heteroatoms. The van der Waals surface area contributed by atoms with Crippen LogP contribution in [0, 0.1) is 0 Å². The summed E-state index contributed by atoms with van der Waals surface area (Å²) in [6.07, 6.45) is 6.15. The number of rotatable bonds is 5. The zero-order chi connectivity index (χ0) is 12.6. The second-order valence-electron chi connectivity index (χ2n) is 4.28. The molecular formula is C17H17Cl. The Balaban J connectivity index is 2.00. The van der Waals surface area contributed by atoms with Crippen LogP contribution in [-0.4, -0.2) is 5.88 Å². The van der Waals surface area contributed by atoms with Gasteiger partial charge in [-0.2, -0.15) is 0 Å². The quantitative estimate of drug-likeness (QED) is 0.666. The lowest BCUT2D eigenvalue weighted by Crippen LogP contribution is -1.87. The molecule has 0 amide bonds. The molecule has 0 N–H and O–H groups in total. The summed E-state index contributed by atoms with van der Waals surface area (Å²) in [5.41, 5.74) is 3.93. The molecule has 2 rings (SSSR count). The second-order valence-corrected chi connectivity index (χ2v) is 4.66. The molecule has 0 nitrogen and oxygen atoms in total. The number of hydrogen-bond donors (Lipinski definition) is 0. The number of hydrogen-bond acceptors (Lipinski definition) is 0. The highest BCUT2D eigenvalue weighted by Crippen LogP contribution is 2.11. The molecule has 0 aliphatic heterocycles. The Morgan fingerprint density at radius 1 is 0.833 bits per heavy atom. The van der Waals surface area contributed by atoms with Crippen LogP contribution in [0.1, 0.15) is 23.1 Å². The van der Waals surface area contributed by atoms with E-state index in [2.05, 4.69) is 60.7 Å². The molecule has 0 aliphatic rings. The third kappa shape index (κ3) is 4.05. The summed E-state index contributed by atoms with van der Waals surface area (Å²) in [5, 5.41) is 0. The summed E-state index contributed by atoms with van der Waals surface area (Å²) in [5.74, 6) is 0.683. The van der Waals surface area contributed by atoms with Gasteiger partial charge in [0, 0.05) is 5.88 Å². The molecule has 0 atom stereocenters. The average Bonchev–Trinajstić information content (AvgIpc) is 2.42. The van der Waals surface area contributed by atoms with E-state index in [1.807, 2.05) is 6.07 Å². The van der Waals surface area contributed by atoms with Gasteiger partial charge in [-0.05, 0) is 29.5 Å². The maximum Gasteiger partial charge on any atom is 0.0258 e. The van der Waals surface area contributed by atoms with Gasteiger partial charge in [0.1, 0.15) is 0 Å². The van der Waals surface area contributed by atoms with Gasteiger partial charge < -0.3 is 0 Å². The van der Waals surface area contributed by atoms with Crippen molar-refractivity contribution >= 4 is 17.7 Å². The molecule has 0 saturated carbocycles. The van der Waals surface area contributed by atoms with Crippen molar-refractivity contribution in [1.82, 2.24) is 0 Å². The van der Waals surface area contributed by atoms with Gasteiger partial charge in [0.05, 0.1) is 0 Å². The molecule has 0 unspecified atom stereocenters. The Kier molecular flexibility index (Phi) is 5.04. The minimum atomic E-state index is 0.683. The van der Waals surface area contributed by atoms with Crippen LogP contribution >= 0.6 is 11.6 Å². The number of allylic oxidation sites excluding steroid dienone is 1. The van der Waals surface area contributed by atoms with E-state index < -0.39 is 0 Å². The first kappa shape index (κ1) is 12.9. The fourth-order valence-corrected chi connectivity index (χ4v) is 1.99. The largest absolute Gasteiger partial charge is 0.126 e. The van der Waals surface area contributed by atoms with Crippen LogP contribution in [0.4, 0.5) is 0 Å². The zero-order valence-electron chi connectivity index (χ0n) is 10.4. The van der Waals surface area contributed by atoms with E-state index in [0.717, 1.165) is 12.8 Å². The Morgan fingerprint density at radius 3 is 2.17 bits per heavy atom. The molecule has 0 fully saturated rings. The minimum Gasteiger partial charge on any atom is -0.126 e. The van der Waals surface area contributed by atoms with Crippen LogP contribution < -0.4 is 0 Å². The zero-order valence-corrected chi connectivity index (χ0v) is 11.1. The van der Waals surface area contributed by atoms with Gasteiger partial charge in [0.25, 0.3) is 0 Å². The molecule has 18 heavy (non-hydrogen) atoms. The van der Waals surface area contributed by atoms with Crippen LogP contribution in [0.3, 0.4) is 0 Å². The van der Waals surface area contributed by atoms with Gasteiger partial charge in [-0.1, -0.05) is 66.7 Å². The van der Waals surface area contributed by atoms with Crippen molar-refractivity contribution in [2.45, 2.75) is 12.8 Å². The number of halogens is 1. The van der Waals surface area contributed by atoms with E-state index in [0.29, 0.717) is 5.88 Å². The summed E-state index contributed by atoms with van der Waals surface area (Å²) in [4.78, 5) is 0. The summed E-state index contributed by atoms with van der Waals surface area (Å²) >= 11 is 5.63. The highest BCUT2D eigenvalue weighted by Gasteiger charge is 1.95. The molecule has 0 radical (unpaired) electrons. The molecule has 0 aromatic heterocycles. The van der Waals surface area contributed by atoms with Crippen molar-refractivity contribution < 1.29 is 0 Å². The van der Waals surface area contributed by atoms with E-state index in [1.165, 1.54) is 16.7 Å². The third-order valence-corrected chi connectivity index (χ3v) is 3.04. The summed E-state index contributed by atoms with van der Waals surface area (Å²) < 4.78 is 0. The summed E-state index contributed by atoms with van der Waals surface area (Å²) in [6, 6.07) is 19.2. The van der Waals surface area contributed by atoms with Crippen molar-refractivity contribution in [2.75, 3.05) is 5.88 Å². The summed E-state index contributed by atoms with van der Waals surface area (Å²) in [6.45, 7) is 0. The van der Waals surface area contributed by atoms with Crippen LogP contribution in [0.15, 0.2) is 60.7 Å². The van der Waals surface area contributed by atoms with Crippen LogP contribution in [0.25, 0.3) is 6.08 Å². The smallest absolute Gasteiger partial charge is 0.0258 e. The standard InChI is InChI=1S/C17H17Cl/c18-13-5-4-6-15-9-11-17(12-10-15)14-16-7-2-1-3-8-16/h1-4,6-12H,5,13-14H2. The van der Waals surface area contributed by atoms with Crippen molar-refractivity contribution in [3.8, 4) is 0 Å². The lowest BCUT2D eigenvalue weighted by Gasteiger charge is -2.02. The van der Waals surface area contributed by atoms with E-state index in [9.17, 15) is 0 Å². The second kappa shape index (κ2) is 7.03. The van der Waals surface area contributed by atoms with E-state index in [1.54, 1.807) is 0 Å². The van der Waals surface area contributed by atoms with Gasteiger partial charge in [0.15, 0.2) is 0 Å². The predicted octanol–water partition coefficient (Wildman–Crippen LogP) is 4.92. The van der Waals surface area contributed by atoms with Crippen molar-refractivity contribution in [1.29, 1.82) is 0 Å². The maximum atomic E-state index is 5.63. The molecule has 92 valence electrons. The van der Waals surface area contributed by atoms with E-state index >= 15 is 0 Å². The molecule has 2 aromatic rings. The van der Waals surface area contributed by atoms with Crippen LogP contribution in [0.2, 0.25) is 0 Å². The number of benzene rings is 2. The predicted molar refractivity (Wildman–Crippen MR) is 80.1 cm³/mol. The average molecular weight is 257 g/mol. The Morgan fingerprint density at radius 2 is 1.50 bits per heavy atom. The first-order valence-corrected chi connectivity index (χ1v) is 6.77. The fraction of sp³-hybridized carbons (Fsp3) is 0.176. The molecule has 0 heterocycles. The molecular weight excluding hydrogens is 240 g/mol. The Hall–Kier alpha value is -1.53. The third-order valence-electron chi connectivity index (χ3n) is 2.82. The van der Waals surface area contributed by atoms with Gasteiger partial charge in [-0.25, -0.2) is 0 Å². The highest BCUT2D eigenvalue weighted by atomic mass is 35.5. The Bertz CT molecular complexity index is 483. The van der Waals surface area contributed by atoms with Gasteiger partial charge in [-0.3, -0.25) is 0 Å². The SMILES string of the molecule is ClCCC=Cc1ccc(Cc2ccccc2)cc1. The van der Waals surface area contributed by atoms with E-state index in [-0.39, 0.29) is 0 Å². The molecule has 0 bridgehead atoms. The minimum absolute atomic E-state index is 0.683. The Labute approximate surface area is 114 Å². The molecule has 0 aliphatic carbocycles. The molecule has 0 spiro atoms. The van der Waals surface area contributed by atoms with E-state index in [4.69, 9.17) is 11.6 Å². The first-order valence-electron chi connectivity index (χ1n) is 6.24. The lowest BCUT2D eigenvalue weighted by atomic mass is 10.0.